The zero-order valence-corrected chi connectivity index (χ0v) is 12.4. The molecule has 3 atom stereocenters. The molecule has 20 heavy (non-hydrogen) atoms. The van der Waals surface area contributed by atoms with Crippen molar-refractivity contribution in [1.82, 2.24) is 4.72 Å². The van der Waals surface area contributed by atoms with Crippen molar-refractivity contribution in [2.24, 2.45) is 5.73 Å². The van der Waals surface area contributed by atoms with Gasteiger partial charge < -0.3 is 10.5 Å². The highest BCUT2D eigenvalue weighted by molar-refractivity contribution is 7.89. The minimum atomic E-state index is -3.80. The van der Waals surface area contributed by atoms with E-state index in [-0.39, 0.29) is 22.1 Å². The largest absolute Gasteiger partial charge is 0.377 e. The number of halogens is 2. The number of ether oxygens (including phenoxy) is 1. The van der Waals surface area contributed by atoms with E-state index < -0.39 is 21.9 Å². The Kier molecular flexibility index (Phi) is 4.66. The number of benzene rings is 1. The maximum atomic E-state index is 13.1. The van der Waals surface area contributed by atoms with Gasteiger partial charge in [-0.25, -0.2) is 17.5 Å². The Morgan fingerprint density at radius 1 is 1.55 bits per heavy atom. The maximum absolute atomic E-state index is 13.1. The molecule has 3 N–H and O–H groups in total. The summed E-state index contributed by atoms with van der Waals surface area (Å²) >= 11 is 5.59. The highest BCUT2D eigenvalue weighted by Crippen LogP contribution is 2.25. The van der Waals surface area contributed by atoms with Gasteiger partial charge in [0.1, 0.15) is 5.82 Å². The summed E-state index contributed by atoms with van der Waals surface area (Å²) in [6.07, 6.45) is 0.367. The van der Waals surface area contributed by atoms with Gasteiger partial charge in [-0.1, -0.05) is 11.6 Å². The molecule has 0 radical (unpaired) electrons. The molecule has 0 aliphatic heterocycles. The fourth-order valence-corrected chi connectivity index (χ4v) is 3.67. The van der Waals surface area contributed by atoms with Crippen LogP contribution in [0.1, 0.15) is 13.3 Å². The van der Waals surface area contributed by atoms with Gasteiger partial charge in [0.25, 0.3) is 0 Å². The summed E-state index contributed by atoms with van der Waals surface area (Å²) in [6.45, 7) is 2.31. The van der Waals surface area contributed by atoms with Crippen molar-refractivity contribution in [1.29, 1.82) is 0 Å². The molecule has 1 aliphatic carbocycles. The van der Waals surface area contributed by atoms with Gasteiger partial charge in [0.2, 0.25) is 10.0 Å². The summed E-state index contributed by atoms with van der Waals surface area (Å²) in [5.41, 5.74) is 5.79. The zero-order chi connectivity index (χ0) is 14.9. The minimum absolute atomic E-state index is 0.0988. The molecule has 5 nitrogen and oxygen atoms in total. The number of sulfonamides is 1. The van der Waals surface area contributed by atoms with Gasteiger partial charge in [-0.15, -0.1) is 0 Å². The Hall–Kier alpha value is -0.730. The molecule has 0 spiro atoms. The number of nitrogens with two attached hydrogens (primary N) is 1. The fraction of sp³-hybridized carbons (Fsp3) is 0.500. The quantitative estimate of drug-likeness (QED) is 0.855. The maximum Gasteiger partial charge on any atom is 0.241 e. The first-order valence-corrected chi connectivity index (χ1v) is 8.06. The Morgan fingerprint density at radius 3 is 2.80 bits per heavy atom. The van der Waals surface area contributed by atoms with Gasteiger partial charge in [-0.2, -0.15) is 0 Å². The average molecular weight is 323 g/mol. The first-order valence-electron chi connectivity index (χ1n) is 6.19. The second kappa shape index (κ2) is 5.95. The Bertz CT molecular complexity index is 594. The van der Waals surface area contributed by atoms with E-state index in [0.717, 1.165) is 18.2 Å². The number of hydrogen-bond acceptors (Lipinski definition) is 4. The van der Waals surface area contributed by atoms with Crippen molar-refractivity contribution in [3.63, 3.8) is 0 Å². The third-order valence-electron chi connectivity index (χ3n) is 3.24. The van der Waals surface area contributed by atoms with Gasteiger partial charge in [0.05, 0.1) is 22.1 Å². The molecule has 1 aromatic rings. The predicted molar refractivity (Wildman–Crippen MR) is 73.5 cm³/mol. The molecule has 1 aliphatic rings. The van der Waals surface area contributed by atoms with Crippen molar-refractivity contribution in [2.45, 2.75) is 36.4 Å². The van der Waals surface area contributed by atoms with Crippen LogP contribution >= 0.6 is 11.6 Å². The lowest BCUT2D eigenvalue weighted by Gasteiger charge is -2.42. The van der Waals surface area contributed by atoms with Crippen molar-refractivity contribution in [2.75, 3.05) is 6.61 Å². The van der Waals surface area contributed by atoms with Crippen molar-refractivity contribution in [3.05, 3.63) is 29.0 Å². The van der Waals surface area contributed by atoms with Crippen molar-refractivity contribution in [3.8, 4) is 0 Å². The summed E-state index contributed by atoms with van der Waals surface area (Å²) in [5.74, 6) is -0.668. The molecular formula is C12H16ClFN2O3S. The first-order chi connectivity index (χ1) is 9.35. The summed E-state index contributed by atoms with van der Waals surface area (Å²) in [4.78, 5) is -0.0988. The van der Waals surface area contributed by atoms with Crippen LogP contribution in [-0.4, -0.2) is 33.2 Å². The van der Waals surface area contributed by atoms with Gasteiger partial charge in [-0.3, -0.25) is 0 Å². The Morgan fingerprint density at radius 2 is 2.25 bits per heavy atom. The summed E-state index contributed by atoms with van der Waals surface area (Å²) in [5, 5.41) is -0.243. The molecule has 0 saturated heterocycles. The SMILES string of the molecule is CCOC1CC(N)C1NS(=O)(=O)c1ccc(F)c(Cl)c1. The molecule has 0 aromatic heterocycles. The molecule has 0 bridgehead atoms. The van der Waals surface area contributed by atoms with Crippen molar-refractivity contribution < 1.29 is 17.5 Å². The van der Waals surface area contributed by atoms with Crippen LogP contribution in [0.2, 0.25) is 5.02 Å². The van der Waals surface area contributed by atoms with E-state index in [0.29, 0.717) is 13.0 Å². The summed E-state index contributed by atoms with van der Waals surface area (Å²) < 4.78 is 45.3. The Balaban J connectivity index is 2.16. The van der Waals surface area contributed by atoms with Crippen LogP contribution in [-0.2, 0) is 14.8 Å². The van der Waals surface area contributed by atoms with E-state index >= 15 is 0 Å². The van der Waals surface area contributed by atoms with Crippen LogP contribution in [0.15, 0.2) is 23.1 Å². The lowest BCUT2D eigenvalue weighted by atomic mass is 9.84. The van der Waals surface area contributed by atoms with Crippen LogP contribution in [0.25, 0.3) is 0 Å². The van der Waals surface area contributed by atoms with Gasteiger partial charge in [0, 0.05) is 12.6 Å². The van der Waals surface area contributed by atoms with E-state index in [2.05, 4.69) is 4.72 Å². The predicted octanol–water partition coefficient (Wildman–Crippen LogP) is 1.26. The van der Waals surface area contributed by atoms with Crippen LogP contribution in [0.3, 0.4) is 0 Å². The molecule has 0 amide bonds. The third-order valence-corrected chi connectivity index (χ3v) is 4.99. The number of nitrogens with one attached hydrogen (secondary N) is 1. The topological polar surface area (TPSA) is 81.4 Å². The second-order valence-corrected chi connectivity index (χ2v) is 6.74. The first kappa shape index (κ1) is 15.7. The smallest absolute Gasteiger partial charge is 0.241 e. The van der Waals surface area contributed by atoms with Crippen LogP contribution in [0.5, 0.6) is 0 Å². The highest BCUT2D eigenvalue weighted by atomic mass is 35.5. The average Bonchev–Trinajstić information content (AvgIpc) is 2.39. The molecule has 1 fully saturated rings. The monoisotopic (exact) mass is 322 g/mol. The molecule has 1 aromatic carbocycles. The lowest BCUT2D eigenvalue weighted by Crippen LogP contribution is -2.64. The normalized spacial score (nSPS) is 26.3. The molecular weight excluding hydrogens is 307 g/mol. The van der Waals surface area contributed by atoms with E-state index in [1.54, 1.807) is 0 Å². The van der Waals surface area contributed by atoms with Crippen LogP contribution < -0.4 is 10.5 Å². The van der Waals surface area contributed by atoms with Crippen LogP contribution in [0, 0.1) is 5.82 Å². The molecule has 1 saturated carbocycles. The van der Waals surface area contributed by atoms with Gasteiger partial charge in [-0.05, 0) is 31.5 Å². The fourth-order valence-electron chi connectivity index (χ4n) is 2.08. The molecule has 3 unspecified atom stereocenters. The van der Waals surface area contributed by atoms with Gasteiger partial charge in [0.15, 0.2) is 0 Å². The van der Waals surface area contributed by atoms with Crippen LogP contribution in [0.4, 0.5) is 4.39 Å². The molecule has 2 rings (SSSR count). The van der Waals surface area contributed by atoms with E-state index in [9.17, 15) is 12.8 Å². The third kappa shape index (κ3) is 3.12. The number of rotatable bonds is 5. The zero-order valence-electron chi connectivity index (χ0n) is 10.8. The van der Waals surface area contributed by atoms with E-state index in [1.165, 1.54) is 0 Å². The van der Waals surface area contributed by atoms with E-state index in [4.69, 9.17) is 22.1 Å². The molecule has 112 valence electrons. The molecule has 8 heteroatoms. The van der Waals surface area contributed by atoms with Gasteiger partial charge >= 0.3 is 0 Å². The minimum Gasteiger partial charge on any atom is -0.377 e. The summed E-state index contributed by atoms with van der Waals surface area (Å²) in [7, 11) is -3.80. The van der Waals surface area contributed by atoms with Crippen molar-refractivity contribution >= 4 is 21.6 Å². The Labute approximate surface area is 122 Å². The summed E-state index contributed by atoms with van der Waals surface area (Å²) in [6, 6.07) is 2.46. The standard InChI is InChI=1S/C12H16ClFN2O3S/c1-2-19-11-6-10(15)12(11)16-20(17,18)7-3-4-9(14)8(13)5-7/h3-5,10-12,16H,2,6,15H2,1H3. The lowest BCUT2D eigenvalue weighted by molar-refractivity contribution is -0.0248. The highest BCUT2D eigenvalue weighted by Gasteiger charge is 2.42. The molecule has 0 heterocycles. The van der Waals surface area contributed by atoms with E-state index in [1.807, 2.05) is 6.92 Å². The number of hydrogen-bond donors (Lipinski definition) is 2. The second-order valence-electron chi connectivity index (χ2n) is 4.62.